The van der Waals surface area contributed by atoms with E-state index in [1.54, 1.807) is 6.92 Å². The number of ether oxygens (including phenoxy) is 1. The fraction of sp³-hybridized carbons (Fsp3) is 0.300. The number of halogens is 3. The minimum Gasteiger partial charge on any atom is -0.488 e. The molecular weight excluding hydrogens is 271 g/mol. The summed E-state index contributed by atoms with van der Waals surface area (Å²) in [6, 6.07) is 0. The molecule has 0 fully saturated rings. The molecule has 1 N–H and O–H groups in total. The van der Waals surface area contributed by atoms with E-state index in [9.17, 15) is 28.1 Å². The number of benzene rings is 1. The molecule has 0 unspecified atom stereocenters. The number of nitro benzene ring substituents is 1. The zero-order valence-electron chi connectivity index (χ0n) is 9.58. The molecule has 6 nitrogen and oxygen atoms in total. The van der Waals surface area contributed by atoms with Gasteiger partial charge in [-0.15, -0.1) is 0 Å². The quantitative estimate of drug-likeness (QED) is 0.508. The summed E-state index contributed by atoms with van der Waals surface area (Å²) in [5.74, 6) is -9.18. The minimum absolute atomic E-state index is 0.204. The van der Waals surface area contributed by atoms with Crippen LogP contribution in [-0.4, -0.2) is 22.6 Å². The molecule has 0 heterocycles. The lowest BCUT2D eigenvalue weighted by Gasteiger charge is -2.10. The van der Waals surface area contributed by atoms with Gasteiger partial charge in [-0.3, -0.25) is 10.1 Å². The highest BCUT2D eigenvalue weighted by atomic mass is 19.2. The van der Waals surface area contributed by atoms with Crippen LogP contribution in [0, 0.1) is 27.6 Å². The summed E-state index contributed by atoms with van der Waals surface area (Å²) >= 11 is 0. The Morgan fingerprint density at radius 1 is 1.32 bits per heavy atom. The number of aromatic carboxylic acids is 1. The van der Waals surface area contributed by atoms with Crippen LogP contribution in [0.4, 0.5) is 18.9 Å². The molecule has 0 bridgehead atoms. The molecular formula is C10H8F3NO5. The van der Waals surface area contributed by atoms with Gasteiger partial charge in [-0.2, -0.15) is 8.78 Å². The molecule has 0 saturated carbocycles. The van der Waals surface area contributed by atoms with Crippen LogP contribution in [0.5, 0.6) is 5.75 Å². The molecule has 1 aromatic rings. The number of hydrogen-bond donors (Lipinski definition) is 1. The monoisotopic (exact) mass is 279 g/mol. The van der Waals surface area contributed by atoms with Gasteiger partial charge in [0.15, 0.2) is 17.1 Å². The zero-order valence-corrected chi connectivity index (χ0v) is 9.58. The summed E-state index contributed by atoms with van der Waals surface area (Å²) in [4.78, 5) is 19.7. The van der Waals surface area contributed by atoms with E-state index in [4.69, 9.17) is 5.11 Å². The topological polar surface area (TPSA) is 89.7 Å². The van der Waals surface area contributed by atoms with Gasteiger partial charge in [-0.25, -0.2) is 9.18 Å². The summed E-state index contributed by atoms with van der Waals surface area (Å²) < 4.78 is 45.1. The fourth-order valence-electron chi connectivity index (χ4n) is 1.32. The second kappa shape index (κ2) is 5.55. The molecule has 104 valence electrons. The van der Waals surface area contributed by atoms with Crippen molar-refractivity contribution >= 4 is 11.7 Å². The van der Waals surface area contributed by atoms with Gasteiger partial charge >= 0.3 is 11.7 Å². The maximum Gasteiger partial charge on any atom is 0.346 e. The largest absolute Gasteiger partial charge is 0.488 e. The van der Waals surface area contributed by atoms with E-state index in [-0.39, 0.29) is 6.61 Å². The summed E-state index contributed by atoms with van der Waals surface area (Å²) in [5.41, 5.74) is -3.35. The number of rotatable bonds is 5. The van der Waals surface area contributed by atoms with E-state index < -0.39 is 45.3 Å². The van der Waals surface area contributed by atoms with Gasteiger partial charge in [-0.05, 0) is 6.42 Å². The van der Waals surface area contributed by atoms with Gasteiger partial charge in [0.05, 0.1) is 11.5 Å². The second-order valence-electron chi connectivity index (χ2n) is 3.41. The molecule has 0 saturated heterocycles. The van der Waals surface area contributed by atoms with Crippen LogP contribution in [-0.2, 0) is 0 Å². The Hall–Kier alpha value is -2.32. The van der Waals surface area contributed by atoms with Gasteiger partial charge < -0.3 is 9.84 Å². The Morgan fingerprint density at radius 3 is 2.32 bits per heavy atom. The maximum absolute atomic E-state index is 13.7. The van der Waals surface area contributed by atoms with Crippen LogP contribution in [0.15, 0.2) is 0 Å². The Kier molecular flexibility index (Phi) is 4.30. The Balaban J connectivity index is 3.63. The van der Waals surface area contributed by atoms with Crippen molar-refractivity contribution < 1.29 is 32.7 Å². The van der Waals surface area contributed by atoms with Crippen LogP contribution in [0.1, 0.15) is 23.7 Å². The molecule has 0 aliphatic heterocycles. The number of hydrogen-bond acceptors (Lipinski definition) is 4. The Labute approximate surface area is 104 Å². The highest BCUT2D eigenvalue weighted by molar-refractivity contribution is 5.93. The molecule has 0 atom stereocenters. The average Bonchev–Trinajstić information content (AvgIpc) is 2.32. The molecule has 0 aliphatic rings. The third-order valence-corrected chi connectivity index (χ3v) is 2.10. The van der Waals surface area contributed by atoms with E-state index >= 15 is 0 Å². The predicted molar refractivity (Wildman–Crippen MR) is 55.7 cm³/mol. The highest BCUT2D eigenvalue weighted by Gasteiger charge is 2.36. The fourth-order valence-corrected chi connectivity index (χ4v) is 1.32. The number of carbonyl (C=O) groups is 1. The van der Waals surface area contributed by atoms with Crippen molar-refractivity contribution in [2.24, 2.45) is 0 Å². The molecule has 0 spiro atoms. The van der Waals surface area contributed by atoms with Crippen molar-refractivity contribution in [3.8, 4) is 5.75 Å². The van der Waals surface area contributed by atoms with E-state index in [0.29, 0.717) is 6.42 Å². The Bertz CT molecular complexity index is 547. The molecule has 0 aromatic heterocycles. The molecule has 0 aliphatic carbocycles. The average molecular weight is 279 g/mol. The summed E-state index contributed by atoms with van der Waals surface area (Å²) in [6.07, 6.45) is 0.319. The Morgan fingerprint density at radius 2 is 1.89 bits per heavy atom. The van der Waals surface area contributed by atoms with Crippen LogP contribution in [0.3, 0.4) is 0 Å². The first-order valence-electron chi connectivity index (χ1n) is 5.03. The van der Waals surface area contributed by atoms with E-state index in [0.717, 1.165) is 0 Å². The molecule has 0 radical (unpaired) electrons. The smallest absolute Gasteiger partial charge is 0.346 e. The highest BCUT2D eigenvalue weighted by Crippen LogP contribution is 2.35. The zero-order chi connectivity index (χ0) is 14.7. The lowest BCUT2D eigenvalue weighted by molar-refractivity contribution is -0.388. The molecule has 19 heavy (non-hydrogen) atoms. The summed E-state index contributed by atoms with van der Waals surface area (Å²) in [5, 5.41) is 19.2. The predicted octanol–water partition coefficient (Wildman–Crippen LogP) is 2.50. The maximum atomic E-state index is 13.7. The van der Waals surface area contributed by atoms with E-state index in [1.165, 1.54) is 0 Å². The summed E-state index contributed by atoms with van der Waals surface area (Å²) in [7, 11) is 0. The number of nitrogens with zero attached hydrogens (tertiary/aromatic N) is 1. The second-order valence-corrected chi connectivity index (χ2v) is 3.41. The molecule has 1 aromatic carbocycles. The number of carboxylic acids is 1. The first-order chi connectivity index (χ1) is 8.82. The van der Waals surface area contributed by atoms with Crippen molar-refractivity contribution in [2.45, 2.75) is 13.3 Å². The molecule has 0 amide bonds. The summed E-state index contributed by atoms with van der Waals surface area (Å²) in [6.45, 7) is 1.39. The number of nitro groups is 1. The van der Waals surface area contributed by atoms with Crippen molar-refractivity contribution in [2.75, 3.05) is 6.61 Å². The van der Waals surface area contributed by atoms with Gasteiger partial charge in [0.25, 0.3) is 0 Å². The van der Waals surface area contributed by atoms with Crippen molar-refractivity contribution in [3.05, 3.63) is 33.1 Å². The van der Waals surface area contributed by atoms with E-state index in [2.05, 4.69) is 4.74 Å². The minimum atomic E-state index is -2.09. The van der Waals surface area contributed by atoms with Gasteiger partial charge in [0, 0.05) is 0 Å². The standard InChI is InChI=1S/C10H8F3NO5/c1-2-3-19-9-5(11)4(10(15)16)8(14(17)18)6(12)7(9)13/h2-3H2,1H3,(H,15,16). The van der Waals surface area contributed by atoms with Crippen LogP contribution in [0.25, 0.3) is 0 Å². The lowest BCUT2D eigenvalue weighted by Crippen LogP contribution is -2.13. The van der Waals surface area contributed by atoms with Crippen molar-refractivity contribution in [1.29, 1.82) is 0 Å². The van der Waals surface area contributed by atoms with Crippen LogP contribution < -0.4 is 4.74 Å². The first-order valence-corrected chi connectivity index (χ1v) is 5.03. The van der Waals surface area contributed by atoms with Gasteiger partial charge in [-0.1, -0.05) is 6.92 Å². The van der Waals surface area contributed by atoms with E-state index in [1.807, 2.05) is 0 Å². The normalized spacial score (nSPS) is 10.3. The van der Waals surface area contributed by atoms with Crippen LogP contribution >= 0.6 is 0 Å². The van der Waals surface area contributed by atoms with Crippen LogP contribution in [0.2, 0.25) is 0 Å². The first kappa shape index (κ1) is 14.7. The SMILES string of the molecule is CCCOc1c(F)c(F)c([N+](=O)[O-])c(C(=O)O)c1F. The number of carboxylic acid groups (broad SMARTS) is 1. The van der Waals surface area contributed by atoms with Gasteiger partial charge in [0.2, 0.25) is 11.6 Å². The lowest BCUT2D eigenvalue weighted by atomic mass is 10.1. The molecule has 1 rings (SSSR count). The third-order valence-electron chi connectivity index (χ3n) is 2.10. The third kappa shape index (κ3) is 2.59. The van der Waals surface area contributed by atoms with Crippen molar-refractivity contribution in [1.82, 2.24) is 0 Å². The van der Waals surface area contributed by atoms with Crippen molar-refractivity contribution in [3.63, 3.8) is 0 Å². The van der Waals surface area contributed by atoms with Gasteiger partial charge in [0.1, 0.15) is 0 Å². The molecule has 9 heteroatoms.